The number of rotatable bonds is 6. The van der Waals surface area contributed by atoms with E-state index in [1.54, 1.807) is 47.3 Å². The van der Waals surface area contributed by atoms with Crippen molar-refractivity contribution in [3.8, 4) is 5.69 Å². The lowest BCUT2D eigenvalue weighted by Gasteiger charge is -2.17. The van der Waals surface area contributed by atoms with Gasteiger partial charge in [-0.05, 0) is 59.5 Å². The molecule has 0 saturated heterocycles. The van der Waals surface area contributed by atoms with Gasteiger partial charge >= 0.3 is 0 Å². The predicted octanol–water partition coefficient (Wildman–Crippen LogP) is 6.12. The second kappa shape index (κ2) is 9.88. The van der Waals surface area contributed by atoms with E-state index in [0.717, 1.165) is 16.5 Å². The fraction of sp³-hybridized carbons (Fsp3) is 0.222. The van der Waals surface area contributed by atoms with E-state index in [0.29, 0.717) is 34.9 Å². The summed E-state index contributed by atoms with van der Waals surface area (Å²) in [6, 6.07) is 16.6. The van der Waals surface area contributed by atoms with E-state index < -0.39 is 0 Å². The lowest BCUT2D eigenvalue weighted by molar-refractivity contribution is -0.122. The summed E-state index contributed by atoms with van der Waals surface area (Å²) in [5.41, 5.74) is 2.99. The summed E-state index contributed by atoms with van der Waals surface area (Å²) in [6.45, 7) is 6.30. The molecule has 0 spiro atoms. The molecule has 0 unspecified atom stereocenters. The minimum atomic E-state index is -0.375. The van der Waals surface area contributed by atoms with Gasteiger partial charge in [-0.15, -0.1) is 0 Å². The zero-order chi connectivity index (χ0) is 25.2. The average molecular weight is 493 g/mol. The van der Waals surface area contributed by atoms with Crippen molar-refractivity contribution < 1.29 is 14.0 Å². The monoisotopic (exact) mass is 492 g/mol. The molecule has 180 valence electrons. The lowest BCUT2D eigenvalue weighted by atomic mass is 9.92. The Hall–Kier alpha value is -3.71. The Labute approximate surface area is 208 Å². The van der Waals surface area contributed by atoms with E-state index in [9.17, 15) is 14.0 Å². The summed E-state index contributed by atoms with van der Waals surface area (Å²) < 4.78 is 15.0. The van der Waals surface area contributed by atoms with Gasteiger partial charge in [-0.25, -0.2) is 9.07 Å². The summed E-state index contributed by atoms with van der Waals surface area (Å²) in [5.74, 6) is -0.755. The minimum Gasteiger partial charge on any atom is -0.352 e. The third-order valence-electron chi connectivity index (χ3n) is 5.39. The standard InChI is InChI=1S/C27H26ClFN4O2/c1-27(2,3)14-25(34)30-15-17-7-12-22(28)20(13-17)26(35)32-23-5-4-6-24-21(23)16-31-33(24)19-10-8-18(29)9-11-19/h4-13,16H,14-15H2,1-3H3,(H,30,34)(H,32,35). The Kier molecular flexibility index (Phi) is 6.89. The highest BCUT2D eigenvalue weighted by atomic mass is 35.5. The van der Waals surface area contributed by atoms with Crippen LogP contribution in [0.4, 0.5) is 10.1 Å². The summed E-state index contributed by atoms with van der Waals surface area (Å²) in [6.07, 6.45) is 2.06. The summed E-state index contributed by atoms with van der Waals surface area (Å²) >= 11 is 6.33. The van der Waals surface area contributed by atoms with Crippen LogP contribution in [0.3, 0.4) is 0 Å². The molecule has 0 aliphatic heterocycles. The molecule has 2 N–H and O–H groups in total. The molecule has 4 rings (SSSR count). The molecule has 2 amide bonds. The van der Waals surface area contributed by atoms with Crippen molar-refractivity contribution in [2.45, 2.75) is 33.7 Å². The first-order chi connectivity index (χ1) is 16.6. The Balaban J connectivity index is 1.54. The molecule has 0 aliphatic rings. The van der Waals surface area contributed by atoms with Crippen molar-refractivity contribution in [2.24, 2.45) is 5.41 Å². The Morgan fingerprint density at radius 2 is 1.80 bits per heavy atom. The number of amides is 2. The van der Waals surface area contributed by atoms with Crippen molar-refractivity contribution in [1.82, 2.24) is 15.1 Å². The number of carbonyl (C=O) groups excluding carboxylic acids is 2. The van der Waals surface area contributed by atoms with Crippen LogP contribution in [0.2, 0.25) is 5.02 Å². The number of carbonyl (C=O) groups is 2. The fourth-order valence-electron chi connectivity index (χ4n) is 3.74. The topological polar surface area (TPSA) is 76.0 Å². The molecule has 0 fully saturated rings. The summed E-state index contributed by atoms with van der Waals surface area (Å²) in [5, 5.41) is 11.2. The largest absolute Gasteiger partial charge is 0.352 e. The third-order valence-corrected chi connectivity index (χ3v) is 5.72. The van der Waals surface area contributed by atoms with Crippen molar-refractivity contribution in [2.75, 3.05) is 5.32 Å². The van der Waals surface area contributed by atoms with E-state index in [4.69, 9.17) is 11.6 Å². The van der Waals surface area contributed by atoms with Gasteiger partial charge in [0.05, 0.1) is 33.7 Å². The maximum absolute atomic E-state index is 13.3. The second-order valence-corrected chi connectivity index (χ2v) is 9.96. The maximum Gasteiger partial charge on any atom is 0.257 e. The number of fused-ring (bicyclic) bond motifs is 1. The first-order valence-corrected chi connectivity index (χ1v) is 11.6. The quantitative estimate of drug-likeness (QED) is 0.340. The number of hydrogen-bond acceptors (Lipinski definition) is 3. The number of nitrogens with one attached hydrogen (secondary N) is 2. The molecular weight excluding hydrogens is 467 g/mol. The van der Waals surface area contributed by atoms with E-state index in [1.807, 2.05) is 32.9 Å². The van der Waals surface area contributed by atoms with Crippen LogP contribution in [0.5, 0.6) is 0 Å². The molecule has 0 saturated carbocycles. The molecule has 0 aliphatic carbocycles. The summed E-state index contributed by atoms with van der Waals surface area (Å²) in [4.78, 5) is 25.3. The maximum atomic E-state index is 13.3. The van der Waals surface area contributed by atoms with Crippen LogP contribution < -0.4 is 10.6 Å². The molecule has 6 nitrogen and oxygen atoms in total. The zero-order valence-corrected chi connectivity index (χ0v) is 20.5. The number of anilines is 1. The number of benzene rings is 3. The molecule has 0 atom stereocenters. The van der Waals surface area contributed by atoms with Crippen LogP contribution in [0.1, 0.15) is 43.1 Å². The van der Waals surface area contributed by atoms with Gasteiger partial charge in [0.15, 0.2) is 0 Å². The number of nitrogens with zero attached hydrogens (tertiary/aromatic N) is 2. The van der Waals surface area contributed by atoms with Gasteiger partial charge in [0.25, 0.3) is 5.91 Å². The molecule has 0 radical (unpaired) electrons. The van der Waals surface area contributed by atoms with Gasteiger partial charge < -0.3 is 10.6 Å². The Bertz CT molecular complexity index is 1390. The van der Waals surface area contributed by atoms with Gasteiger partial charge in [0.2, 0.25) is 5.91 Å². The molecule has 1 heterocycles. The zero-order valence-electron chi connectivity index (χ0n) is 19.7. The molecule has 0 bridgehead atoms. The fourth-order valence-corrected chi connectivity index (χ4v) is 3.94. The van der Waals surface area contributed by atoms with E-state index in [-0.39, 0.29) is 23.0 Å². The van der Waals surface area contributed by atoms with Crippen LogP contribution in [0.25, 0.3) is 16.6 Å². The van der Waals surface area contributed by atoms with Crippen molar-refractivity contribution in [3.05, 3.63) is 88.8 Å². The lowest BCUT2D eigenvalue weighted by Crippen LogP contribution is -2.27. The van der Waals surface area contributed by atoms with Gasteiger partial charge in [-0.1, -0.05) is 44.5 Å². The highest BCUT2D eigenvalue weighted by molar-refractivity contribution is 6.34. The second-order valence-electron chi connectivity index (χ2n) is 9.55. The van der Waals surface area contributed by atoms with Crippen LogP contribution >= 0.6 is 11.6 Å². The Morgan fingerprint density at radius 3 is 2.51 bits per heavy atom. The smallest absolute Gasteiger partial charge is 0.257 e. The van der Waals surface area contributed by atoms with Crippen LogP contribution in [0, 0.1) is 11.2 Å². The minimum absolute atomic E-state index is 0.0525. The first kappa shape index (κ1) is 24.4. The molecule has 8 heteroatoms. The van der Waals surface area contributed by atoms with Crippen LogP contribution in [-0.2, 0) is 11.3 Å². The van der Waals surface area contributed by atoms with Gasteiger partial charge in [-0.2, -0.15) is 5.10 Å². The van der Waals surface area contributed by atoms with Gasteiger partial charge in [-0.3, -0.25) is 9.59 Å². The van der Waals surface area contributed by atoms with E-state index >= 15 is 0 Å². The highest BCUT2D eigenvalue weighted by Gasteiger charge is 2.17. The molecular formula is C27H26ClFN4O2. The molecule has 4 aromatic rings. The van der Waals surface area contributed by atoms with E-state index in [2.05, 4.69) is 15.7 Å². The summed E-state index contributed by atoms with van der Waals surface area (Å²) in [7, 11) is 0. The van der Waals surface area contributed by atoms with Crippen molar-refractivity contribution in [3.63, 3.8) is 0 Å². The normalized spacial score (nSPS) is 11.5. The predicted molar refractivity (Wildman–Crippen MR) is 136 cm³/mol. The van der Waals surface area contributed by atoms with Crippen LogP contribution in [-0.4, -0.2) is 21.6 Å². The highest BCUT2D eigenvalue weighted by Crippen LogP contribution is 2.27. The molecule has 3 aromatic carbocycles. The third kappa shape index (κ3) is 5.87. The van der Waals surface area contributed by atoms with E-state index in [1.165, 1.54) is 12.1 Å². The first-order valence-electron chi connectivity index (χ1n) is 11.2. The molecule has 35 heavy (non-hydrogen) atoms. The number of hydrogen-bond donors (Lipinski definition) is 2. The average Bonchev–Trinajstić information content (AvgIpc) is 3.23. The van der Waals surface area contributed by atoms with Gasteiger partial charge in [0.1, 0.15) is 5.82 Å². The Morgan fingerprint density at radius 1 is 1.06 bits per heavy atom. The van der Waals surface area contributed by atoms with Gasteiger partial charge in [0, 0.05) is 18.4 Å². The van der Waals surface area contributed by atoms with Crippen molar-refractivity contribution >= 4 is 40.0 Å². The SMILES string of the molecule is CC(C)(C)CC(=O)NCc1ccc(Cl)c(C(=O)Nc2cccc3c2cnn3-c2ccc(F)cc2)c1. The number of aromatic nitrogens is 2. The number of halogens is 2. The van der Waals surface area contributed by atoms with Crippen molar-refractivity contribution in [1.29, 1.82) is 0 Å². The van der Waals surface area contributed by atoms with Crippen LogP contribution in [0.15, 0.2) is 66.9 Å². The molecule has 1 aromatic heterocycles.